The maximum absolute atomic E-state index is 5.49. The minimum absolute atomic E-state index is 0.605. The Balaban J connectivity index is 2.14. The molecule has 0 bridgehead atoms. The SMILES string of the molecule is Nc1nc(C=Cc2cc[nH]c2)cs1. The van der Waals surface area contributed by atoms with Crippen LogP contribution in [-0.2, 0) is 0 Å². The summed E-state index contributed by atoms with van der Waals surface area (Å²) < 4.78 is 0. The second-order valence-electron chi connectivity index (χ2n) is 2.59. The standard InChI is InChI=1S/C9H9N3S/c10-9-12-8(6-13-9)2-1-7-3-4-11-5-7/h1-6,11H,(H2,10,12). The summed E-state index contributed by atoms with van der Waals surface area (Å²) in [4.78, 5) is 7.09. The molecule has 2 aromatic rings. The predicted molar refractivity (Wildman–Crippen MR) is 56.2 cm³/mol. The van der Waals surface area contributed by atoms with Crippen LogP contribution in [0.25, 0.3) is 12.2 Å². The van der Waals surface area contributed by atoms with Crippen molar-refractivity contribution in [2.75, 3.05) is 5.73 Å². The summed E-state index contributed by atoms with van der Waals surface area (Å²) in [6.07, 6.45) is 7.74. The van der Waals surface area contributed by atoms with Crippen LogP contribution in [0.2, 0.25) is 0 Å². The Bertz CT molecular complexity index is 400. The van der Waals surface area contributed by atoms with E-state index in [1.54, 1.807) is 0 Å². The van der Waals surface area contributed by atoms with Crippen LogP contribution in [0.3, 0.4) is 0 Å². The van der Waals surface area contributed by atoms with Crippen LogP contribution in [0.4, 0.5) is 5.13 Å². The Kier molecular flexibility index (Phi) is 2.14. The smallest absolute Gasteiger partial charge is 0.180 e. The number of anilines is 1. The lowest BCUT2D eigenvalue weighted by atomic mass is 10.3. The van der Waals surface area contributed by atoms with Crippen molar-refractivity contribution in [3.05, 3.63) is 35.1 Å². The third kappa shape index (κ3) is 1.97. The second kappa shape index (κ2) is 3.45. The fourth-order valence-electron chi connectivity index (χ4n) is 0.999. The van der Waals surface area contributed by atoms with Crippen LogP contribution in [0.15, 0.2) is 23.8 Å². The molecule has 0 saturated carbocycles. The van der Waals surface area contributed by atoms with E-state index in [4.69, 9.17) is 5.73 Å². The molecule has 0 aliphatic carbocycles. The average molecular weight is 191 g/mol. The van der Waals surface area contributed by atoms with E-state index in [0.717, 1.165) is 11.3 Å². The number of thiazole rings is 1. The summed E-state index contributed by atoms with van der Waals surface area (Å²) in [6, 6.07) is 1.99. The molecule has 0 spiro atoms. The van der Waals surface area contributed by atoms with E-state index < -0.39 is 0 Å². The number of H-pyrrole nitrogens is 1. The number of aromatic nitrogens is 2. The number of hydrogen-bond donors (Lipinski definition) is 2. The lowest BCUT2D eigenvalue weighted by Crippen LogP contribution is -1.80. The Hall–Kier alpha value is -1.55. The number of hydrogen-bond acceptors (Lipinski definition) is 3. The van der Waals surface area contributed by atoms with Crippen LogP contribution in [0, 0.1) is 0 Å². The Morgan fingerprint density at radius 2 is 2.38 bits per heavy atom. The van der Waals surface area contributed by atoms with Crippen molar-refractivity contribution in [1.29, 1.82) is 0 Å². The van der Waals surface area contributed by atoms with E-state index in [1.807, 2.05) is 36.0 Å². The van der Waals surface area contributed by atoms with Gasteiger partial charge in [-0.05, 0) is 17.7 Å². The van der Waals surface area contributed by atoms with Gasteiger partial charge in [-0.25, -0.2) is 4.98 Å². The first-order valence-corrected chi connectivity index (χ1v) is 4.74. The lowest BCUT2D eigenvalue weighted by Gasteiger charge is -1.82. The molecule has 0 atom stereocenters. The van der Waals surface area contributed by atoms with Crippen LogP contribution in [-0.4, -0.2) is 9.97 Å². The maximum Gasteiger partial charge on any atom is 0.180 e. The number of aromatic amines is 1. The number of nitrogens with two attached hydrogens (primary N) is 1. The normalized spacial score (nSPS) is 11.1. The molecule has 0 aliphatic rings. The zero-order valence-electron chi connectivity index (χ0n) is 6.90. The van der Waals surface area contributed by atoms with Gasteiger partial charge in [0.05, 0.1) is 5.69 Å². The summed E-state index contributed by atoms with van der Waals surface area (Å²) in [5, 5.41) is 2.53. The number of nitrogens with one attached hydrogen (secondary N) is 1. The van der Waals surface area contributed by atoms with Crippen LogP contribution in [0.5, 0.6) is 0 Å². The van der Waals surface area contributed by atoms with Gasteiger partial charge in [0.2, 0.25) is 0 Å². The van der Waals surface area contributed by atoms with Crippen molar-refractivity contribution in [2.45, 2.75) is 0 Å². The van der Waals surface area contributed by atoms with Gasteiger partial charge in [-0.3, -0.25) is 0 Å². The van der Waals surface area contributed by atoms with E-state index in [9.17, 15) is 0 Å². The van der Waals surface area contributed by atoms with Crippen molar-refractivity contribution in [2.24, 2.45) is 0 Å². The predicted octanol–water partition coefficient (Wildman–Crippen LogP) is 2.22. The van der Waals surface area contributed by atoms with E-state index >= 15 is 0 Å². The van der Waals surface area contributed by atoms with Crippen molar-refractivity contribution < 1.29 is 0 Å². The van der Waals surface area contributed by atoms with E-state index in [-0.39, 0.29) is 0 Å². The molecule has 2 rings (SSSR count). The summed E-state index contributed by atoms with van der Waals surface area (Å²) in [6.45, 7) is 0. The Morgan fingerprint density at radius 1 is 1.46 bits per heavy atom. The fraction of sp³-hybridized carbons (Fsp3) is 0. The number of nitrogen functional groups attached to an aromatic ring is 1. The molecule has 3 nitrogen and oxygen atoms in total. The molecule has 0 fully saturated rings. The highest BCUT2D eigenvalue weighted by molar-refractivity contribution is 7.13. The average Bonchev–Trinajstić information content (AvgIpc) is 2.71. The largest absolute Gasteiger partial charge is 0.375 e. The molecule has 0 amide bonds. The molecule has 0 unspecified atom stereocenters. The molecule has 0 aliphatic heterocycles. The van der Waals surface area contributed by atoms with Gasteiger partial charge < -0.3 is 10.7 Å². The third-order valence-electron chi connectivity index (χ3n) is 1.61. The monoisotopic (exact) mass is 191 g/mol. The number of rotatable bonds is 2. The minimum atomic E-state index is 0.605. The van der Waals surface area contributed by atoms with Crippen molar-refractivity contribution >= 4 is 28.6 Å². The quantitative estimate of drug-likeness (QED) is 0.764. The highest BCUT2D eigenvalue weighted by Crippen LogP contribution is 2.13. The molecule has 4 heteroatoms. The molecule has 2 aromatic heterocycles. The highest BCUT2D eigenvalue weighted by Gasteiger charge is 1.92. The van der Waals surface area contributed by atoms with Crippen LogP contribution >= 0.6 is 11.3 Å². The summed E-state index contributed by atoms with van der Waals surface area (Å²) in [5.74, 6) is 0. The molecular weight excluding hydrogens is 182 g/mol. The molecule has 2 heterocycles. The van der Waals surface area contributed by atoms with Crippen molar-refractivity contribution in [3.63, 3.8) is 0 Å². The van der Waals surface area contributed by atoms with E-state index in [1.165, 1.54) is 11.3 Å². The van der Waals surface area contributed by atoms with Crippen LogP contribution in [0.1, 0.15) is 11.3 Å². The maximum atomic E-state index is 5.49. The molecule has 3 N–H and O–H groups in total. The first kappa shape index (κ1) is 8.07. The zero-order chi connectivity index (χ0) is 9.10. The van der Waals surface area contributed by atoms with Gasteiger partial charge >= 0.3 is 0 Å². The van der Waals surface area contributed by atoms with Crippen LogP contribution < -0.4 is 5.73 Å². The highest BCUT2D eigenvalue weighted by atomic mass is 32.1. The molecule has 0 aromatic carbocycles. The molecule has 0 saturated heterocycles. The fourth-order valence-corrected chi connectivity index (χ4v) is 1.53. The number of nitrogens with zero attached hydrogens (tertiary/aromatic N) is 1. The third-order valence-corrected chi connectivity index (χ3v) is 2.30. The second-order valence-corrected chi connectivity index (χ2v) is 3.48. The van der Waals surface area contributed by atoms with Gasteiger partial charge in [-0.1, -0.05) is 6.08 Å². The topological polar surface area (TPSA) is 54.7 Å². The summed E-state index contributed by atoms with van der Waals surface area (Å²) >= 11 is 1.45. The van der Waals surface area contributed by atoms with Gasteiger partial charge in [0, 0.05) is 17.8 Å². The molecule has 0 radical (unpaired) electrons. The van der Waals surface area contributed by atoms with Gasteiger partial charge in [0.25, 0.3) is 0 Å². The Morgan fingerprint density at radius 3 is 3.00 bits per heavy atom. The summed E-state index contributed by atoms with van der Waals surface area (Å²) in [7, 11) is 0. The van der Waals surface area contributed by atoms with Crippen molar-refractivity contribution in [3.8, 4) is 0 Å². The van der Waals surface area contributed by atoms with Gasteiger partial charge in [0.1, 0.15) is 0 Å². The lowest BCUT2D eigenvalue weighted by molar-refractivity contribution is 1.39. The van der Waals surface area contributed by atoms with Gasteiger partial charge in [-0.15, -0.1) is 11.3 Å². The van der Waals surface area contributed by atoms with Crippen molar-refractivity contribution in [1.82, 2.24) is 9.97 Å². The van der Waals surface area contributed by atoms with E-state index in [0.29, 0.717) is 5.13 Å². The van der Waals surface area contributed by atoms with Gasteiger partial charge in [0.15, 0.2) is 5.13 Å². The zero-order valence-corrected chi connectivity index (χ0v) is 7.71. The first-order chi connectivity index (χ1) is 6.34. The van der Waals surface area contributed by atoms with E-state index in [2.05, 4.69) is 9.97 Å². The molecule has 13 heavy (non-hydrogen) atoms. The summed E-state index contributed by atoms with van der Waals surface area (Å²) in [5.41, 5.74) is 7.53. The Labute approximate surface area is 79.9 Å². The molecule has 66 valence electrons. The first-order valence-electron chi connectivity index (χ1n) is 3.86. The molecular formula is C9H9N3S. The van der Waals surface area contributed by atoms with Gasteiger partial charge in [-0.2, -0.15) is 0 Å². The minimum Gasteiger partial charge on any atom is -0.375 e.